The summed E-state index contributed by atoms with van der Waals surface area (Å²) >= 11 is 1.59. The zero-order chi connectivity index (χ0) is 11.4. The first kappa shape index (κ1) is 11.6. The quantitative estimate of drug-likeness (QED) is 0.849. The Kier molecular flexibility index (Phi) is 3.96. The van der Waals surface area contributed by atoms with Crippen LogP contribution in [0.4, 0.5) is 5.00 Å². The van der Waals surface area contributed by atoms with Crippen molar-refractivity contribution in [3.05, 3.63) is 17.0 Å². The highest BCUT2D eigenvalue weighted by molar-refractivity contribution is 7.14. The molecule has 1 saturated heterocycles. The smallest absolute Gasteiger partial charge is 0.226 e. The van der Waals surface area contributed by atoms with Crippen molar-refractivity contribution in [2.45, 2.75) is 38.6 Å². The largest absolute Gasteiger partial charge is 0.317 e. The first-order valence-corrected chi connectivity index (χ1v) is 6.71. The average Bonchev–Trinajstić information content (AvgIpc) is 2.66. The van der Waals surface area contributed by atoms with E-state index < -0.39 is 0 Å². The summed E-state index contributed by atoms with van der Waals surface area (Å²) in [6.45, 7) is 3.07. The monoisotopic (exact) mass is 238 g/mol. The van der Waals surface area contributed by atoms with Crippen LogP contribution in [0.5, 0.6) is 0 Å². The summed E-state index contributed by atoms with van der Waals surface area (Å²) in [5, 5.41) is 9.35. The van der Waals surface area contributed by atoms with Crippen molar-refractivity contribution in [3.8, 4) is 0 Å². The lowest BCUT2D eigenvalue weighted by atomic mass is 10.0. The van der Waals surface area contributed by atoms with Crippen LogP contribution in [0.15, 0.2) is 11.4 Å². The number of hydrogen-bond donors (Lipinski definition) is 2. The third kappa shape index (κ3) is 3.06. The van der Waals surface area contributed by atoms with Gasteiger partial charge in [-0.05, 0) is 43.3 Å². The van der Waals surface area contributed by atoms with Gasteiger partial charge in [0.2, 0.25) is 5.91 Å². The van der Waals surface area contributed by atoms with Crippen LogP contribution in [0.2, 0.25) is 0 Å². The fourth-order valence-electron chi connectivity index (χ4n) is 2.00. The Morgan fingerprint density at radius 2 is 2.50 bits per heavy atom. The number of hydrogen-bond acceptors (Lipinski definition) is 3. The minimum absolute atomic E-state index is 0.130. The Morgan fingerprint density at radius 1 is 1.62 bits per heavy atom. The molecule has 3 nitrogen and oxygen atoms in total. The molecule has 4 heteroatoms. The number of rotatable bonds is 3. The van der Waals surface area contributed by atoms with E-state index in [0.29, 0.717) is 12.5 Å². The van der Waals surface area contributed by atoms with Gasteiger partial charge >= 0.3 is 0 Å². The SMILES string of the molecule is Cc1ccsc1NC(=O)CC1CCCCN1. The number of carbonyl (C=O) groups is 1. The Hall–Kier alpha value is -0.870. The van der Waals surface area contributed by atoms with E-state index in [2.05, 4.69) is 10.6 Å². The molecule has 0 radical (unpaired) electrons. The number of carbonyl (C=O) groups excluding carboxylic acids is 1. The van der Waals surface area contributed by atoms with Gasteiger partial charge in [-0.3, -0.25) is 4.79 Å². The third-order valence-electron chi connectivity index (χ3n) is 2.96. The summed E-state index contributed by atoms with van der Waals surface area (Å²) in [5.41, 5.74) is 1.15. The molecule has 0 bridgehead atoms. The zero-order valence-electron chi connectivity index (χ0n) is 9.58. The van der Waals surface area contributed by atoms with E-state index in [1.54, 1.807) is 11.3 Å². The van der Waals surface area contributed by atoms with E-state index in [1.807, 2.05) is 18.4 Å². The predicted octanol–water partition coefficient (Wildman–Crippen LogP) is 2.53. The minimum Gasteiger partial charge on any atom is -0.317 e. The van der Waals surface area contributed by atoms with E-state index >= 15 is 0 Å². The van der Waals surface area contributed by atoms with Gasteiger partial charge in [0, 0.05) is 12.5 Å². The first-order chi connectivity index (χ1) is 7.75. The van der Waals surface area contributed by atoms with Crippen molar-refractivity contribution in [2.75, 3.05) is 11.9 Å². The lowest BCUT2D eigenvalue weighted by molar-refractivity contribution is -0.116. The molecule has 1 fully saturated rings. The van der Waals surface area contributed by atoms with Crippen molar-refractivity contribution in [3.63, 3.8) is 0 Å². The fraction of sp³-hybridized carbons (Fsp3) is 0.583. The second-order valence-electron chi connectivity index (χ2n) is 4.33. The summed E-state index contributed by atoms with van der Waals surface area (Å²) in [6.07, 6.45) is 4.19. The molecule has 1 aromatic heterocycles. The molecular weight excluding hydrogens is 220 g/mol. The molecule has 1 amide bonds. The highest BCUT2D eigenvalue weighted by Crippen LogP contribution is 2.22. The Balaban J connectivity index is 1.82. The standard InChI is InChI=1S/C12H18N2OS/c1-9-5-7-16-12(9)14-11(15)8-10-4-2-3-6-13-10/h5,7,10,13H,2-4,6,8H2,1H3,(H,14,15). The number of aryl methyl sites for hydroxylation is 1. The van der Waals surface area contributed by atoms with E-state index in [0.717, 1.165) is 23.5 Å². The molecule has 16 heavy (non-hydrogen) atoms. The van der Waals surface area contributed by atoms with Gasteiger partial charge in [-0.2, -0.15) is 0 Å². The van der Waals surface area contributed by atoms with Crippen molar-refractivity contribution in [1.82, 2.24) is 5.32 Å². The van der Waals surface area contributed by atoms with Crippen LogP contribution in [0.1, 0.15) is 31.2 Å². The van der Waals surface area contributed by atoms with E-state index in [9.17, 15) is 4.79 Å². The van der Waals surface area contributed by atoms with Crippen LogP contribution < -0.4 is 10.6 Å². The molecule has 1 atom stereocenters. The third-order valence-corrected chi connectivity index (χ3v) is 3.89. The van der Waals surface area contributed by atoms with Crippen LogP contribution in [0.3, 0.4) is 0 Å². The van der Waals surface area contributed by atoms with Gasteiger partial charge in [0.05, 0.1) is 5.00 Å². The number of anilines is 1. The number of thiophene rings is 1. The van der Waals surface area contributed by atoms with Gasteiger partial charge in [0.15, 0.2) is 0 Å². The summed E-state index contributed by atoms with van der Waals surface area (Å²) in [7, 11) is 0. The molecule has 2 rings (SSSR count). The predicted molar refractivity (Wildman–Crippen MR) is 67.9 cm³/mol. The minimum atomic E-state index is 0.130. The molecule has 0 aliphatic carbocycles. The molecule has 1 aliphatic heterocycles. The van der Waals surface area contributed by atoms with Gasteiger partial charge in [-0.25, -0.2) is 0 Å². The van der Waals surface area contributed by atoms with Crippen LogP contribution in [0.25, 0.3) is 0 Å². The zero-order valence-corrected chi connectivity index (χ0v) is 10.4. The lowest BCUT2D eigenvalue weighted by Gasteiger charge is -2.22. The van der Waals surface area contributed by atoms with E-state index in [-0.39, 0.29) is 5.91 Å². The first-order valence-electron chi connectivity index (χ1n) is 5.83. The molecule has 0 spiro atoms. The second kappa shape index (κ2) is 5.46. The molecule has 2 heterocycles. The maximum atomic E-state index is 11.8. The van der Waals surface area contributed by atoms with Crippen molar-refractivity contribution < 1.29 is 4.79 Å². The van der Waals surface area contributed by atoms with Gasteiger partial charge in [0.25, 0.3) is 0 Å². The molecule has 88 valence electrons. The normalized spacial score (nSPS) is 20.7. The van der Waals surface area contributed by atoms with Gasteiger partial charge in [-0.1, -0.05) is 6.42 Å². The van der Waals surface area contributed by atoms with E-state index in [4.69, 9.17) is 0 Å². The van der Waals surface area contributed by atoms with Crippen LogP contribution >= 0.6 is 11.3 Å². The van der Waals surface area contributed by atoms with Gasteiger partial charge < -0.3 is 10.6 Å². The van der Waals surface area contributed by atoms with Crippen molar-refractivity contribution >= 4 is 22.2 Å². The number of piperidine rings is 1. The summed E-state index contributed by atoms with van der Waals surface area (Å²) in [5.74, 6) is 0.130. The van der Waals surface area contributed by atoms with Crippen LogP contribution in [-0.2, 0) is 4.79 Å². The Morgan fingerprint density at radius 3 is 3.12 bits per heavy atom. The van der Waals surface area contributed by atoms with Crippen LogP contribution in [-0.4, -0.2) is 18.5 Å². The lowest BCUT2D eigenvalue weighted by Crippen LogP contribution is -2.36. The molecule has 1 aliphatic rings. The van der Waals surface area contributed by atoms with E-state index in [1.165, 1.54) is 12.8 Å². The van der Waals surface area contributed by atoms with Crippen molar-refractivity contribution in [2.24, 2.45) is 0 Å². The number of nitrogens with one attached hydrogen (secondary N) is 2. The maximum Gasteiger partial charge on any atom is 0.226 e. The molecule has 1 aromatic rings. The Labute approximate surface area is 100 Å². The molecule has 0 saturated carbocycles. The molecule has 1 unspecified atom stereocenters. The highest BCUT2D eigenvalue weighted by atomic mass is 32.1. The summed E-state index contributed by atoms with van der Waals surface area (Å²) in [6, 6.07) is 2.40. The average molecular weight is 238 g/mol. The fourth-order valence-corrected chi connectivity index (χ4v) is 2.84. The van der Waals surface area contributed by atoms with Gasteiger partial charge in [0.1, 0.15) is 0 Å². The second-order valence-corrected chi connectivity index (χ2v) is 5.25. The van der Waals surface area contributed by atoms with Crippen LogP contribution in [0, 0.1) is 6.92 Å². The maximum absolute atomic E-state index is 11.8. The Bertz CT molecular complexity index is 356. The number of amides is 1. The van der Waals surface area contributed by atoms with Gasteiger partial charge in [-0.15, -0.1) is 11.3 Å². The molecular formula is C12H18N2OS. The molecule has 2 N–H and O–H groups in total. The summed E-state index contributed by atoms with van der Waals surface area (Å²) < 4.78 is 0. The summed E-state index contributed by atoms with van der Waals surface area (Å²) in [4.78, 5) is 11.8. The van der Waals surface area contributed by atoms with Crippen molar-refractivity contribution in [1.29, 1.82) is 0 Å². The highest BCUT2D eigenvalue weighted by Gasteiger charge is 2.16. The molecule has 0 aromatic carbocycles. The topological polar surface area (TPSA) is 41.1 Å².